The SMILES string of the molecule is Cc1nnc(-c2cccnc2I)s1. The average Bonchev–Trinajstić information content (AvgIpc) is 2.53. The van der Waals surface area contributed by atoms with Crippen molar-refractivity contribution < 1.29 is 0 Å². The predicted octanol–water partition coefficient (Wildman–Crippen LogP) is 2.51. The zero-order valence-corrected chi connectivity index (χ0v) is 9.83. The van der Waals surface area contributed by atoms with E-state index in [-0.39, 0.29) is 0 Å². The van der Waals surface area contributed by atoms with Crippen LogP contribution in [-0.4, -0.2) is 15.2 Å². The maximum atomic E-state index is 4.19. The summed E-state index contributed by atoms with van der Waals surface area (Å²) in [5, 5.41) is 9.96. The molecule has 0 radical (unpaired) electrons. The molecule has 2 aromatic rings. The molecule has 2 rings (SSSR count). The van der Waals surface area contributed by atoms with E-state index in [1.54, 1.807) is 17.5 Å². The molecule has 0 spiro atoms. The summed E-state index contributed by atoms with van der Waals surface area (Å²) in [6, 6.07) is 3.92. The maximum Gasteiger partial charge on any atom is 0.150 e. The van der Waals surface area contributed by atoms with Gasteiger partial charge in [0, 0.05) is 11.8 Å². The van der Waals surface area contributed by atoms with Crippen LogP contribution in [0.5, 0.6) is 0 Å². The lowest BCUT2D eigenvalue weighted by Gasteiger charge is -1.95. The minimum absolute atomic E-state index is 0.940. The van der Waals surface area contributed by atoms with E-state index in [1.807, 2.05) is 19.1 Å². The third-order valence-electron chi connectivity index (χ3n) is 1.52. The zero-order chi connectivity index (χ0) is 9.26. The van der Waals surface area contributed by atoms with E-state index in [9.17, 15) is 0 Å². The van der Waals surface area contributed by atoms with E-state index >= 15 is 0 Å². The van der Waals surface area contributed by atoms with Gasteiger partial charge in [-0.15, -0.1) is 10.2 Å². The highest BCUT2D eigenvalue weighted by Gasteiger charge is 2.07. The summed E-state index contributed by atoms with van der Waals surface area (Å²) in [5.74, 6) is 0. The highest BCUT2D eigenvalue weighted by Crippen LogP contribution is 2.25. The second kappa shape index (κ2) is 3.67. The van der Waals surface area contributed by atoms with Crippen LogP contribution in [-0.2, 0) is 0 Å². The lowest BCUT2D eigenvalue weighted by Crippen LogP contribution is -1.84. The molecule has 0 aliphatic heterocycles. The molecule has 0 N–H and O–H groups in total. The molecule has 0 atom stereocenters. The van der Waals surface area contributed by atoms with Gasteiger partial charge in [0.2, 0.25) is 0 Å². The second-order valence-electron chi connectivity index (χ2n) is 2.47. The molecule has 13 heavy (non-hydrogen) atoms. The van der Waals surface area contributed by atoms with Crippen molar-refractivity contribution in [3.63, 3.8) is 0 Å². The van der Waals surface area contributed by atoms with Crippen molar-refractivity contribution in [2.75, 3.05) is 0 Å². The van der Waals surface area contributed by atoms with Crippen molar-refractivity contribution in [2.45, 2.75) is 6.92 Å². The van der Waals surface area contributed by atoms with Gasteiger partial charge in [-0.25, -0.2) is 4.98 Å². The average molecular weight is 303 g/mol. The molecule has 0 fully saturated rings. The standard InChI is InChI=1S/C8H6IN3S/c1-5-11-12-8(13-5)6-3-2-4-10-7(6)9/h2-4H,1H3. The van der Waals surface area contributed by atoms with Gasteiger partial charge in [-0.05, 0) is 41.6 Å². The summed E-state index contributed by atoms with van der Waals surface area (Å²) in [4.78, 5) is 4.19. The van der Waals surface area contributed by atoms with Gasteiger partial charge in [0.25, 0.3) is 0 Å². The third-order valence-corrected chi connectivity index (χ3v) is 3.25. The maximum absolute atomic E-state index is 4.19. The van der Waals surface area contributed by atoms with E-state index < -0.39 is 0 Å². The number of aryl methyl sites for hydroxylation is 1. The van der Waals surface area contributed by atoms with Gasteiger partial charge in [0.15, 0.2) is 0 Å². The number of halogens is 1. The molecular formula is C8H6IN3S. The molecular weight excluding hydrogens is 297 g/mol. The van der Waals surface area contributed by atoms with E-state index in [2.05, 4.69) is 37.8 Å². The van der Waals surface area contributed by atoms with Crippen molar-refractivity contribution in [3.8, 4) is 10.6 Å². The predicted molar refractivity (Wildman–Crippen MR) is 60.6 cm³/mol. The number of hydrogen-bond donors (Lipinski definition) is 0. The van der Waals surface area contributed by atoms with Gasteiger partial charge in [-0.3, -0.25) is 0 Å². The van der Waals surface area contributed by atoms with Gasteiger partial charge >= 0.3 is 0 Å². The smallest absolute Gasteiger partial charge is 0.150 e. The van der Waals surface area contributed by atoms with E-state index in [4.69, 9.17) is 0 Å². The molecule has 3 nitrogen and oxygen atoms in total. The highest BCUT2D eigenvalue weighted by atomic mass is 127. The monoisotopic (exact) mass is 303 g/mol. The van der Waals surface area contributed by atoms with Crippen molar-refractivity contribution in [1.82, 2.24) is 15.2 Å². The summed E-state index contributed by atoms with van der Waals surface area (Å²) in [5.41, 5.74) is 1.06. The van der Waals surface area contributed by atoms with Crippen LogP contribution in [0.3, 0.4) is 0 Å². The Bertz CT molecular complexity index is 427. The van der Waals surface area contributed by atoms with Crippen LogP contribution < -0.4 is 0 Å². The fourth-order valence-corrected chi connectivity index (χ4v) is 2.45. The molecule has 66 valence electrons. The number of hydrogen-bond acceptors (Lipinski definition) is 4. The minimum atomic E-state index is 0.940. The Morgan fingerprint density at radius 3 is 2.85 bits per heavy atom. The first-order valence-electron chi connectivity index (χ1n) is 3.68. The molecule has 0 amide bonds. The Morgan fingerprint density at radius 2 is 2.23 bits per heavy atom. The minimum Gasteiger partial charge on any atom is -0.250 e. The third kappa shape index (κ3) is 1.86. The van der Waals surface area contributed by atoms with Crippen LogP contribution >= 0.6 is 33.9 Å². The number of aromatic nitrogens is 3. The molecule has 0 aromatic carbocycles. The molecule has 2 aromatic heterocycles. The van der Waals surface area contributed by atoms with Crippen LogP contribution in [0.1, 0.15) is 5.01 Å². The van der Waals surface area contributed by atoms with Gasteiger partial charge in [-0.1, -0.05) is 11.3 Å². The first-order valence-corrected chi connectivity index (χ1v) is 5.58. The summed E-state index contributed by atoms with van der Waals surface area (Å²) in [6.45, 7) is 1.95. The summed E-state index contributed by atoms with van der Waals surface area (Å²) in [6.07, 6.45) is 1.78. The first-order chi connectivity index (χ1) is 6.27. The Hall–Kier alpha value is -0.560. The topological polar surface area (TPSA) is 38.7 Å². The zero-order valence-electron chi connectivity index (χ0n) is 6.86. The van der Waals surface area contributed by atoms with Crippen LogP contribution in [0.2, 0.25) is 0 Å². The van der Waals surface area contributed by atoms with Crippen LogP contribution in [0.4, 0.5) is 0 Å². The molecule has 5 heteroatoms. The van der Waals surface area contributed by atoms with Crippen molar-refractivity contribution in [3.05, 3.63) is 27.0 Å². The van der Waals surface area contributed by atoms with Gasteiger partial charge in [0.1, 0.15) is 13.7 Å². The van der Waals surface area contributed by atoms with Gasteiger partial charge in [0.05, 0.1) is 0 Å². The number of nitrogens with zero attached hydrogens (tertiary/aromatic N) is 3. The lowest BCUT2D eigenvalue weighted by molar-refractivity contribution is 1.05. The molecule has 0 unspecified atom stereocenters. The fraction of sp³-hybridized carbons (Fsp3) is 0.125. The Labute approximate surface area is 93.4 Å². The van der Waals surface area contributed by atoms with E-state index in [0.29, 0.717) is 0 Å². The summed E-state index contributed by atoms with van der Waals surface area (Å²) < 4.78 is 0.969. The number of rotatable bonds is 1. The van der Waals surface area contributed by atoms with Gasteiger partial charge < -0.3 is 0 Å². The van der Waals surface area contributed by atoms with Crippen LogP contribution in [0.15, 0.2) is 18.3 Å². The quantitative estimate of drug-likeness (QED) is 0.600. The Morgan fingerprint density at radius 1 is 1.38 bits per heavy atom. The molecule has 0 saturated carbocycles. The van der Waals surface area contributed by atoms with Crippen LogP contribution in [0, 0.1) is 10.6 Å². The number of pyridine rings is 1. The Kier molecular flexibility index (Phi) is 2.54. The van der Waals surface area contributed by atoms with Crippen LogP contribution in [0.25, 0.3) is 10.6 Å². The second-order valence-corrected chi connectivity index (χ2v) is 4.67. The largest absolute Gasteiger partial charge is 0.250 e. The highest BCUT2D eigenvalue weighted by molar-refractivity contribution is 14.1. The van der Waals surface area contributed by atoms with E-state index in [1.165, 1.54) is 0 Å². The molecule has 0 saturated heterocycles. The molecule has 0 bridgehead atoms. The normalized spacial score (nSPS) is 10.3. The first kappa shape index (κ1) is 9.01. The summed E-state index contributed by atoms with van der Waals surface area (Å²) >= 11 is 3.79. The summed E-state index contributed by atoms with van der Waals surface area (Å²) in [7, 11) is 0. The van der Waals surface area contributed by atoms with E-state index in [0.717, 1.165) is 19.3 Å². The fourth-order valence-electron chi connectivity index (χ4n) is 0.951. The molecule has 2 heterocycles. The van der Waals surface area contributed by atoms with Crippen molar-refractivity contribution >= 4 is 33.9 Å². The Balaban J connectivity index is 2.52. The van der Waals surface area contributed by atoms with Crippen molar-refractivity contribution in [2.24, 2.45) is 0 Å². The molecule has 0 aliphatic carbocycles. The van der Waals surface area contributed by atoms with Gasteiger partial charge in [-0.2, -0.15) is 0 Å². The van der Waals surface area contributed by atoms with Crippen molar-refractivity contribution in [1.29, 1.82) is 0 Å². The lowest BCUT2D eigenvalue weighted by atomic mass is 10.3. The molecule has 0 aliphatic rings.